The quantitative estimate of drug-likeness (QED) is 0.584. The molecule has 33 heavy (non-hydrogen) atoms. The van der Waals surface area contributed by atoms with Crippen LogP contribution in [0.25, 0.3) is 11.2 Å². The van der Waals surface area contributed by atoms with Gasteiger partial charge in [-0.2, -0.15) is 4.98 Å². The highest BCUT2D eigenvalue weighted by Crippen LogP contribution is 2.23. The van der Waals surface area contributed by atoms with Gasteiger partial charge in [0.2, 0.25) is 5.95 Å². The van der Waals surface area contributed by atoms with Crippen LogP contribution in [0.15, 0.2) is 33.9 Å². The summed E-state index contributed by atoms with van der Waals surface area (Å²) in [4.78, 5) is 32.4. The molecule has 3 heterocycles. The molecule has 0 saturated carbocycles. The number of rotatable bonds is 7. The molecule has 1 N–H and O–H groups in total. The number of aryl methyl sites for hydroxylation is 2. The molecule has 1 saturated heterocycles. The smallest absolute Gasteiger partial charge is 0.332 e. The largest absolute Gasteiger partial charge is 0.491 e. The second-order valence-electron chi connectivity index (χ2n) is 8.77. The predicted molar refractivity (Wildman–Crippen MR) is 128 cm³/mol. The van der Waals surface area contributed by atoms with Crippen molar-refractivity contribution in [3.63, 3.8) is 0 Å². The highest BCUT2D eigenvalue weighted by atomic mass is 16.5. The molecule has 0 amide bonds. The van der Waals surface area contributed by atoms with Crippen molar-refractivity contribution in [3.05, 3.63) is 50.7 Å². The molecular formula is C24H33N5O4. The van der Waals surface area contributed by atoms with Gasteiger partial charge in [-0.25, -0.2) is 4.79 Å². The molecule has 4 rings (SSSR count). The Labute approximate surface area is 192 Å². The lowest BCUT2D eigenvalue weighted by Crippen LogP contribution is -2.38. The van der Waals surface area contributed by atoms with E-state index in [4.69, 9.17) is 9.72 Å². The van der Waals surface area contributed by atoms with Crippen LogP contribution in [-0.4, -0.2) is 49.6 Å². The molecule has 1 atom stereocenters. The predicted octanol–water partition coefficient (Wildman–Crippen LogP) is 1.82. The number of benzene rings is 1. The number of aromatic nitrogens is 4. The van der Waals surface area contributed by atoms with Crippen LogP contribution < -0.4 is 20.9 Å². The van der Waals surface area contributed by atoms with Crippen LogP contribution in [-0.2, 0) is 27.1 Å². The maximum atomic E-state index is 13.1. The first kappa shape index (κ1) is 23.1. The summed E-state index contributed by atoms with van der Waals surface area (Å²) in [5, 5.41) is 10.9. The van der Waals surface area contributed by atoms with Gasteiger partial charge in [-0.1, -0.05) is 31.9 Å². The van der Waals surface area contributed by atoms with Crippen LogP contribution in [0.1, 0.15) is 38.2 Å². The van der Waals surface area contributed by atoms with Gasteiger partial charge in [0, 0.05) is 27.2 Å². The van der Waals surface area contributed by atoms with Crippen molar-refractivity contribution in [2.45, 2.75) is 51.7 Å². The third kappa shape index (κ3) is 4.68. The molecule has 0 bridgehead atoms. The van der Waals surface area contributed by atoms with Gasteiger partial charge in [0.15, 0.2) is 11.2 Å². The Kier molecular flexibility index (Phi) is 6.88. The van der Waals surface area contributed by atoms with Crippen molar-refractivity contribution in [1.29, 1.82) is 0 Å². The standard InChI is InChI=1S/C24H33N5O4/c1-4-17-10-9-11-19(14-17)33-16-18(30)15-29-20-21(26(2)24(32)27(3)22(20)31)25-23(29)28-12-7-5-6-8-13-28/h9-11,14,18,30H,4-8,12-13,15-16H2,1-3H3. The zero-order valence-electron chi connectivity index (χ0n) is 19.7. The summed E-state index contributed by atoms with van der Waals surface area (Å²) < 4.78 is 10.1. The first-order valence-corrected chi connectivity index (χ1v) is 11.7. The maximum absolute atomic E-state index is 13.1. The minimum atomic E-state index is -0.861. The highest BCUT2D eigenvalue weighted by Gasteiger charge is 2.25. The van der Waals surface area contributed by atoms with E-state index in [-0.39, 0.29) is 13.2 Å². The molecule has 0 spiro atoms. The average Bonchev–Trinajstić information content (AvgIpc) is 2.99. The van der Waals surface area contributed by atoms with Crippen molar-refractivity contribution < 1.29 is 9.84 Å². The minimum Gasteiger partial charge on any atom is -0.491 e. The number of aliphatic hydroxyl groups excluding tert-OH is 1. The second-order valence-corrected chi connectivity index (χ2v) is 8.77. The lowest BCUT2D eigenvalue weighted by molar-refractivity contribution is 0.0936. The van der Waals surface area contributed by atoms with Crippen molar-refractivity contribution in [1.82, 2.24) is 18.7 Å². The minimum absolute atomic E-state index is 0.0817. The van der Waals surface area contributed by atoms with Crippen LogP contribution >= 0.6 is 0 Å². The highest BCUT2D eigenvalue weighted by molar-refractivity contribution is 5.74. The normalized spacial score (nSPS) is 15.6. The number of imidazole rings is 1. The molecule has 9 heteroatoms. The molecule has 1 aromatic carbocycles. The third-order valence-corrected chi connectivity index (χ3v) is 6.36. The van der Waals surface area contributed by atoms with Gasteiger partial charge in [-0.05, 0) is 37.0 Å². The molecule has 1 fully saturated rings. The van der Waals surface area contributed by atoms with E-state index in [2.05, 4.69) is 11.8 Å². The van der Waals surface area contributed by atoms with E-state index in [0.717, 1.165) is 55.3 Å². The summed E-state index contributed by atoms with van der Waals surface area (Å²) in [5.41, 5.74) is 0.997. The molecule has 0 radical (unpaired) electrons. The van der Waals surface area contributed by atoms with Crippen LogP contribution in [0.2, 0.25) is 0 Å². The van der Waals surface area contributed by atoms with Gasteiger partial charge in [-0.3, -0.25) is 13.9 Å². The van der Waals surface area contributed by atoms with Gasteiger partial charge in [0.25, 0.3) is 5.56 Å². The van der Waals surface area contributed by atoms with Crippen LogP contribution in [0.4, 0.5) is 5.95 Å². The summed E-state index contributed by atoms with van der Waals surface area (Å²) in [7, 11) is 3.08. The summed E-state index contributed by atoms with van der Waals surface area (Å²) in [6, 6.07) is 7.81. The fraction of sp³-hybridized carbons (Fsp3) is 0.542. The first-order chi connectivity index (χ1) is 15.9. The Morgan fingerprint density at radius 1 is 1.09 bits per heavy atom. The van der Waals surface area contributed by atoms with Crippen LogP contribution in [0, 0.1) is 0 Å². The molecule has 1 aliphatic rings. The number of fused-ring (bicyclic) bond motifs is 1. The van der Waals surface area contributed by atoms with Crippen molar-refractivity contribution >= 4 is 17.1 Å². The van der Waals surface area contributed by atoms with Crippen molar-refractivity contribution in [2.75, 3.05) is 24.6 Å². The number of nitrogens with zero attached hydrogens (tertiary/aromatic N) is 5. The SMILES string of the molecule is CCc1cccc(OCC(O)Cn2c(N3CCCCCC3)nc3c2c(=O)n(C)c(=O)n3C)c1. The number of anilines is 1. The molecular weight excluding hydrogens is 422 g/mol. The summed E-state index contributed by atoms with van der Waals surface area (Å²) in [6.45, 7) is 3.96. The Morgan fingerprint density at radius 2 is 1.82 bits per heavy atom. The third-order valence-electron chi connectivity index (χ3n) is 6.36. The zero-order chi connectivity index (χ0) is 23.5. The fourth-order valence-corrected chi connectivity index (χ4v) is 4.43. The van der Waals surface area contributed by atoms with Gasteiger partial charge in [0.1, 0.15) is 18.5 Å². The first-order valence-electron chi connectivity index (χ1n) is 11.7. The lowest BCUT2D eigenvalue weighted by Gasteiger charge is -2.23. The Morgan fingerprint density at radius 3 is 2.52 bits per heavy atom. The van der Waals surface area contributed by atoms with E-state index in [1.807, 2.05) is 24.3 Å². The van der Waals surface area contributed by atoms with Gasteiger partial charge in [-0.15, -0.1) is 0 Å². The molecule has 9 nitrogen and oxygen atoms in total. The zero-order valence-corrected chi connectivity index (χ0v) is 19.7. The molecule has 3 aromatic rings. The molecule has 1 aliphatic heterocycles. The van der Waals surface area contributed by atoms with Gasteiger partial charge >= 0.3 is 5.69 Å². The molecule has 178 valence electrons. The maximum Gasteiger partial charge on any atom is 0.332 e. The summed E-state index contributed by atoms with van der Waals surface area (Å²) in [5.74, 6) is 1.33. The number of aliphatic hydroxyl groups is 1. The van der Waals surface area contributed by atoms with E-state index < -0.39 is 17.4 Å². The summed E-state index contributed by atoms with van der Waals surface area (Å²) in [6.07, 6.45) is 4.44. The van der Waals surface area contributed by atoms with E-state index in [1.165, 1.54) is 11.6 Å². The van der Waals surface area contributed by atoms with E-state index in [1.54, 1.807) is 11.6 Å². The number of ether oxygens (including phenoxy) is 1. The van der Waals surface area contributed by atoms with E-state index >= 15 is 0 Å². The van der Waals surface area contributed by atoms with Gasteiger partial charge < -0.3 is 19.3 Å². The van der Waals surface area contributed by atoms with Gasteiger partial charge in [0.05, 0.1) is 6.54 Å². The monoisotopic (exact) mass is 455 g/mol. The Bertz CT molecular complexity index is 1230. The fourth-order valence-electron chi connectivity index (χ4n) is 4.43. The summed E-state index contributed by atoms with van der Waals surface area (Å²) >= 11 is 0. The Hall–Kier alpha value is -3.07. The molecule has 1 unspecified atom stereocenters. The lowest BCUT2D eigenvalue weighted by atomic mass is 10.2. The van der Waals surface area contributed by atoms with E-state index in [0.29, 0.717) is 22.9 Å². The van der Waals surface area contributed by atoms with Crippen molar-refractivity contribution in [3.8, 4) is 5.75 Å². The molecule has 2 aromatic heterocycles. The number of hydrogen-bond acceptors (Lipinski definition) is 6. The van der Waals surface area contributed by atoms with Crippen LogP contribution in [0.5, 0.6) is 5.75 Å². The molecule has 0 aliphatic carbocycles. The van der Waals surface area contributed by atoms with E-state index in [9.17, 15) is 14.7 Å². The average molecular weight is 456 g/mol. The topological polar surface area (TPSA) is 94.5 Å². The number of hydrogen-bond donors (Lipinski definition) is 1. The van der Waals surface area contributed by atoms with Crippen LogP contribution in [0.3, 0.4) is 0 Å². The van der Waals surface area contributed by atoms with Crippen molar-refractivity contribution in [2.24, 2.45) is 14.1 Å². The second kappa shape index (κ2) is 9.82. The Balaban J connectivity index is 1.68.